The van der Waals surface area contributed by atoms with Crippen LogP contribution < -0.4 is 15.4 Å². The smallest absolute Gasteiger partial charge is 0.344 e. The van der Waals surface area contributed by atoms with Gasteiger partial charge in [0.1, 0.15) is 5.56 Å². The lowest BCUT2D eigenvalue weighted by molar-refractivity contribution is -0.127. The van der Waals surface area contributed by atoms with Crippen molar-refractivity contribution in [3.05, 3.63) is 23.9 Å². The summed E-state index contributed by atoms with van der Waals surface area (Å²) in [6, 6.07) is 2.39. The molecular weight excluding hydrogens is 290 g/mol. The zero-order valence-corrected chi connectivity index (χ0v) is 12.7. The second-order valence-corrected chi connectivity index (χ2v) is 4.19. The van der Waals surface area contributed by atoms with Gasteiger partial charge in [-0.05, 0) is 32.9 Å². The normalized spacial score (nSPS) is 11.2. The van der Waals surface area contributed by atoms with Gasteiger partial charge in [0.2, 0.25) is 5.88 Å². The van der Waals surface area contributed by atoms with Crippen molar-refractivity contribution in [3.8, 4) is 5.88 Å². The van der Waals surface area contributed by atoms with E-state index in [1.165, 1.54) is 19.2 Å². The van der Waals surface area contributed by atoms with Crippen molar-refractivity contribution in [2.45, 2.75) is 26.9 Å². The highest BCUT2D eigenvalue weighted by molar-refractivity contribution is 5.99. The SMILES string of the molecule is CCNC(=O)NC(=O)C(C)OC(=O)c1cccnc1OCC. The molecule has 3 amide bonds. The third kappa shape index (κ3) is 5.04. The molecule has 0 radical (unpaired) electrons. The summed E-state index contributed by atoms with van der Waals surface area (Å²) in [4.78, 5) is 38.9. The molecule has 1 atom stereocenters. The molecule has 0 bridgehead atoms. The lowest BCUT2D eigenvalue weighted by Gasteiger charge is -2.14. The quantitative estimate of drug-likeness (QED) is 0.755. The zero-order valence-electron chi connectivity index (χ0n) is 12.7. The fraction of sp³-hybridized carbons (Fsp3) is 0.429. The van der Waals surface area contributed by atoms with Gasteiger partial charge >= 0.3 is 12.0 Å². The highest BCUT2D eigenvalue weighted by Gasteiger charge is 2.23. The summed E-state index contributed by atoms with van der Waals surface area (Å²) in [5.74, 6) is -1.34. The summed E-state index contributed by atoms with van der Waals surface area (Å²) in [6.45, 7) is 5.55. The van der Waals surface area contributed by atoms with E-state index in [1.807, 2.05) is 0 Å². The number of ether oxygens (including phenoxy) is 2. The average Bonchev–Trinajstić information content (AvgIpc) is 2.48. The molecule has 120 valence electrons. The summed E-state index contributed by atoms with van der Waals surface area (Å²) in [5, 5.41) is 4.46. The fourth-order valence-electron chi connectivity index (χ4n) is 1.49. The van der Waals surface area contributed by atoms with E-state index in [0.29, 0.717) is 13.2 Å². The second-order valence-electron chi connectivity index (χ2n) is 4.19. The number of rotatable bonds is 6. The van der Waals surface area contributed by atoms with Crippen LogP contribution >= 0.6 is 0 Å². The highest BCUT2D eigenvalue weighted by Crippen LogP contribution is 2.16. The molecule has 0 aromatic carbocycles. The lowest BCUT2D eigenvalue weighted by Crippen LogP contribution is -2.44. The van der Waals surface area contributed by atoms with Crippen molar-refractivity contribution in [3.63, 3.8) is 0 Å². The Morgan fingerprint density at radius 1 is 1.32 bits per heavy atom. The van der Waals surface area contributed by atoms with Crippen LogP contribution in [-0.4, -0.2) is 42.1 Å². The van der Waals surface area contributed by atoms with Crippen LogP contribution in [0.25, 0.3) is 0 Å². The second kappa shape index (κ2) is 8.60. The molecule has 1 rings (SSSR count). The Bertz CT molecular complexity index is 547. The van der Waals surface area contributed by atoms with Crippen molar-refractivity contribution >= 4 is 17.9 Å². The average molecular weight is 309 g/mol. The van der Waals surface area contributed by atoms with E-state index in [2.05, 4.69) is 15.6 Å². The molecule has 0 saturated carbocycles. The molecule has 1 heterocycles. The maximum absolute atomic E-state index is 12.0. The van der Waals surface area contributed by atoms with Gasteiger partial charge in [-0.15, -0.1) is 0 Å². The van der Waals surface area contributed by atoms with Crippen LogP contribution in [0.15, 0.2) is 18.3 Å². The Labute approximate surface area is 128 Å². The van der Waals surface area contributed by atoms with Gasteiger partial charge in [0, 0.05) is 12.7 Å². The van der Waals surface area contributed by atoms with E-state index in [4.69, 9.17) is 9.47 Å². The van der Waals surface area contributed by atoms with Gasteiger partial charge in [0.05, 0.1) is 6.61 Å². The summed E-state index contributed by atoms with van der Waals surface area (Å²) in [7, 11) is 0. The molecule has 2 N–H and O–H groups in total. The van der Waals surface area contributed by atoms with Gasteiger partial charge in [0.15, 0.2) is 6.10 Å². The number of aromatic nitrogens is 1. The molecule has 1 aromatic heterocycles. The van der Waals surface area contributed by atoms with Gasteiger partial charge in [-0.2, -0.15) is 0 Å². The number of nitrogens with one attached hydrogen (secondary N) is 2. The van der Waals surface area contributed by atoms with Gasteiger partial charge in [-0.1, -0.05) is 0 Å². The minimum absolute atomic E-state index is 0.113. The van der Waals surface area contributed by atoms with Crippen LogP contribution in [-0.2, 0) is 9.53 Å². The van der Waals surface area contributed by atoms with Crippen LogP contribution in [0.5, 0.6) is 5.88 Å². The standard InChI is InChI=1S/C14H19N3O5/c1-4-15-14(20)17-11(18)9(3)22-13(19)10-7-6-8-16-12(10)21-5-2/h6-9H,4-5H2,1-3H3,(H2,15,17,18,20). The Balaban J connectivity index is 2.68. The summed E-state index contributed by atoms with van der Waals surface area (Å²) in [6.07, 6.45) is 0.345. The third-order valence-electron chi connectivity index (χ3n) is 2.50. The number of urea groups is 1. The van der Waals surface area contributed by atoms with Gasteiger partial charge in [0.25, 0.3) is 5.91 Å². The van der Waals surface area contributed by atoms with E-state index in [9.17, 15) is 14.4 Å². The highest BCUT2D eigenvalue weighted by atomic mass is 16.6. The topological polar surface area (TPSA) is 107 Å². The Morgan fingerprint density at radius 2 is 2.05 bits per heavy atom. The largest absolute Gasteiger partial charge is 0.477 e. The number of hydrogen-bond donors (Lipinski definition) is 2. The maximum atomic E-state index is 12.0. The Kier molecular flexibility index (Phi) is 6.81. The van der Waals surface area contributed by atoms with Crippen molar-refractivity contribution in [1.82, 2.24) is 15.6 Å². The van der Waals surface area contributed by atoms with E-state index >= 15 is 0 Å². The molecule has 0 aliphatic heterocycles. The number of imide groups is 1. The number of nitrogens with zero attached hydrogens (tertiary/aromatic N) is 1. The first-order valence-electron chi connectivity index (χ1n) is 6.87. The molecule has 0 fully saturated rings. The predicted octanol–water partition coefficient (Wildman–Crippen LogP) is 0.871. The number of pyridine rings is 1. The minimum atomic E-state index is -1.13. The maximum Gasteiger partial charge on any atom is 0.344 e. The molecule has 1 unspecified atom stereocenters. The van der Waals surface area contributed by atoms with Crippen molar-refractivity contribution in [2.75, 3.05) is 13.2 Å². The van der Waals surface area contributed by atoms with E-state index < -0.39 is 24.0 Å². The number of esters is 1. The molecule has 0 spiro atoms. The van der Waals surface area contributed by atoms with Crippen LogP contribution in [0, 0.1) is 0 Å². The fourth-order valence-corrected chi connectivity index (χ4v) is 1.49. The van der Waals surface area contributed by atoms with E-state index in [-0.39, 0.29) is 11.4 Å². The molecule has 0 aliphatic rings. The Hall–Kier alpha value is -2.64. The number of carbonyl (C=O) groups is 3. The van der Waals surface area contributed by atoms with Gasteiger partial charge in [-0.3, -0.25) is 10.1 Å². The monoisotopic (exact) mass is 309 g/mol. The third-order valence-corrected chi connectivity index (χ3v) is 2.50. The van der Waals surface area contributed by atoms with Crippen LogP contribution in [0.2, 0.25) is 0 Å². The molecule has 1 aromatic rings. The van der Waals surface area contributed by atoms with Crippen molar-refractivity contribution in [2.24, 2.45) is 0 Å². The van der Waals surface area contributed by atoms with Gasteiger partial charge < -0.3 is 14.8 Å². The zero-order chi connectivity index (χ0) is 16.5. The molecule has 0 saturated heterocycles. The van der Waals surface area contributed by atoms with Crippen LogP contribution in [0.4, 0.5) is 4.79 Å². The predicted molar refractivity (Wildman–Crippen MR) is 77.5 cm³/mol. The van der Waals surface area contributed by atoms with Crippen LogP contribution in [0.3, 0.4) is 0 Å². The van der Waals surface area contributed by atoms with Crippen molar-refractivity contribution < 1.29 is 23.9 Å². The van der Waals surface area contributed by atoms with E-state index in [1.54, 1.807) is 19.9 Å². The molecule has 0 aliphatic carbocycles. The molecule has 8 nitrogen and oxygen atoms in total. The lowest BCUT2D eigenvalue weighted by atomic mass is 10.2. The molecule has 8 heteroatoms. The first-order valence-corrected chi connectivity index (χ1v) is 6.87. The Morgan fingerprint density at radius 3 is 2.68 bits per heavy atom. The summed E-state index contributed by atoms with van der Waals surface area (Å²) in [5.41, 5.74) is 0.113. The summed E-state index contributed by atoms with van der Waals surface area (Å²) >= 11 is 0. The van der Waals surface area contributed by atoms with Gasteiger partial charge in [-0.25, -0.2) is 14.6 Å². The van der Waals surface area contributed by atoms with Crippen LogP contribution in [0.1, 0.15) is 31.1 Å². The molecule has 22 heavy (non-hydrogen) atoms. The summed E-state index contributed by atoms with van der Waals surface area (Å²) < 4.78 is 10.2. The minimum Gasteiger partial charge on any atom is -0.477 e. The first kappa shape index (κ1) is 17.4. The van der Waals surface area contributed by atoms with Crippen molar-refractivity contribution in [1.29, 1.82) is 0 Å². The first-order chi connectivity index (χ1) is 10.5. The van der Waals surface area contributed by atoms with E-state index in [0.717, 1.165) is 0 Å². The molecular formula is C14H19N3O5. The number of carbonyl (C=O) groups excluding carboxylic acids is 3. The number of hydrogen-bond acceptors (Lipinski definition) is 6. The number of amides is 3.